The molecule has 0 fully saturated rings. The van der Waals surface area contributed by atoms with Gasteiger partial charge in [0.2, 0.25) is 10.0 Å². The Morgan fingerprint density at radius 3 is 2.13 bits per heavy atom. The largest absolute Gasteiger partial charge is 0.332 e. The third-order valence-electron chi connectivity index (χ3n) is 1.67. The zero-order chi connectivity index (χ0) is 11.7. The molecule has 0 unspecified atom stereocenters. The van der Waals surface area contributed by atoms with Crippen molar-refractivity contribution in [1.82, 2.24) is 4.72 Å². The van der Waals surface area contributed by atoms with Crippen LogP contribution in [0.25, 0.3) is 0 Å². The van der Waals surface area contributed by atoms with E-state index in [0.29, 0.717) is 0 Å². The number of sulfonamides is 1. The fraction of sp³-hybridized carbons (Fsp3) is 0.143. The van der Waals surface area contributed by atoms with Gasteiger partial charge in [-0.15, -0.1) is 3.89 Å². The molecule has 0 bridgehead atoms. The van der Waals surface area contributed by atoms with Gasteiger partial charge < -0.3 is 0 Å². The van der Waals surface area contributed by atoms with Crippen LogP contribution in [-0.4, -0.2) is 23.9 Å². The molecule has 0 aromatic heterocycles. The molecule has 0 amide bonds. The molecule has 0 aliphatic carbocycles. The van der Waals surface area contributed by atoms with Crippen LogP contribution >= 0.6 is 0 Å². The Hall–Kier alpha value is -0.990. The van der Waals surface area contributed by atoms with Crippen LogP contribution in [0.5, 0.6) is 0 Å². The topological polar surface area (TPSA) is 80.3 Å². The van der Waals surface area contributed by atoms with Crippen LogP contribution in [0, 0.1) is 0 Å². The highest BCUT2D eigenvalue weighted by Gasteiger charge is 2.17. The lowest BCUT2D eigenvalue weighted by atomic mass is 10.4. The third-order valence-corrected chi connectivity index (χ3v) is 3.90. The Labute approximate surface area is 87.2 Å². The molecule has 1 aromatic carbocycles. The average molecular weight is 253 g/mol. The molecule has 1 rings (SSSR count). The Morgan fingerprint density at radius 1 is 1.13 bits per heavy atom. The predicted molar refractivity (Wildman–Crippen MR) is 51.0 cm³/mol. The minimum absolute atomic E-state index is 0.302. The molecule has 0 aliphatic heterocycles. The van der Waals surface area contributed by atoms with Crippen molar-refractivity contribution in [2.45, 2.75) is 9.79 Å². The van der Waals surface area contributed by atoms with Crippen molar-refractivity contribution >= 4 is 20.2 Å². The summed E-state index contributed by atoms with van der Waals surface area (Å²) in [6, 6.07) is 4.04. The number of halogens is 1. The second-order valence-electron chi connectivity index (χ2n) is 2.62. The SMILES string of the molecule is CNS(=O)(=O)c1cccc(S(=O)(=O)F)c1. The Bertz CT molecular complexity index is 564. The second-order valence-corrected chi connectivity index (χ2v) is 5.85. The lowest BCUT2D eigenvalue weighted by molar-refractivity contribution is 0.551. The van der Waals surface area contributed by atoms with E-state index in [1.54, 1.807) is 0 Å². The molecule has 5 nitrogen and oxygen atoms in total. The van der Waals surface area contributed by atoms with Gasteiger partial charge in [0.25, 0.3) is 0 Å². The van der Waals surface area contributed by atoms with Crippen molar-refractivity contribution in [2.75, 3.05) is 7.05 Å². The molecule has 84 valence electrons. The summed E-state index contributed by atoms with van der Waals surface area (Å²) in [5, 5.41) is 0. The zero-order valence-electron chi connectivity index (χ0n) is 7.64. The summed E-state index contributed by atoms with van der Waals surface area (Å²) in [5.74, 6) is 0. The second kappa shape index (κ2) is 3.87. The first-order valence-corrected chi connectivity index (χ1v) is 6.62. The molecular formula is C7H8FNO4S2. The lowest BCUT2D eigenvalue weighted by Crippen LogP contribution is -2.18. The van der Waals surface area contributed by atoms with Gasteiger partial charge in [-0.3, -0.25) is 0 Å². The van der Waals surface area contributed by atoms with Gasteiger partial charge in [0.1, 0.15) is 0 Å². The van der Waals surface area contributed by atoms with Crippen LogP contribution in [0.4, 0.5) is 3.89 Å². The summed E-state index contributed by atoms with van der Waals surface area (Å²) in [6.07, 6.45) is 0. The van der Waals surface area contributed by atoms with Gasteiger partial charge in [0.05, 0.1) is 9.79 Å². The summed E-state index contributed by atoms with van der Waals surface area (Å²) in [7, 11) is -7.48. The summed E-state index contributed by atoms with van der Waals surface area (Å²) in [6.45, 7) is 0. The summed E-state index contributed by atoms with van der Waals surface area (Å²) < 4.78 is 58.1. The van der Waals surface area contributed by atoms with E-state index in [0.717, 1.165) is 18.2 Å². The smallest absolute Gasteiger partial charge is 0.214 e. The maximum atomic E-state index is 12.6. The van der Waals surface area contributed by atoms with E-state index < -0.39 is 25.1 Å². The number of hydrogen-bond acceptors (Lipinski definition) is 4. The van der Waals surface area contributed by atoms with E-state index in [1.165, 1.54) is 13.1 Å². The van der Waals surface area contributed by atoms with Gasteiger partial charge >= 0.3 is 10.2 Å². The molecule has 0 radical (unpaired) electrons. The highest BCUT2D eigenvalue weighted by atomic mass is 32.3. The van der Waals surface area contributed by atoms with E-state index in [4.69, 9.17) is 0 Å². The van der Waals surface area contributed by atoms with Crippen LogP contribution in [0.1, 0.15) is 0 Å². The molecule has 15 heavy (non-hydrogen) atoms. The van der Waals surface area contributed by atoms with Crippen LogP contribution in [0.15, 0.2) is 34.1 Å². The molecular weight excluding hydrogens is 245 g/mol. The van der Waals surface area contributed by atoms with Crippen molar-refractivity contribution in [2.24, 2.45) is 0 Å². The maximum absolute atomic E-state index is 12.6. The highest BCUT2D eigenvalue weighted by molar-refractivity contribution is 7.89. The van der Waals surface area contributed by atoms with Gasteiger partial charge in [-0.2, -0.15) is 8.42 Å². The summed E-state index contributed by atoms with van der Waals surface area (Å²) >= 11 is 0. The average Bonchev–Trinajstić information content (AvgIpc) is 2.17. The quantitative estimate of drug-likeness (QED) is 0.783. The van der Waals surface area contributed by atoms with Gasteiger partial charge in [-0.25, -0.2) is 13.1 Å². The first-order valence-electron chi connectivity index (χ1n) is 3.75. The minimum Gasteiger partial charge on any atom is -0.214 e. The number of benzene rings is 1. The zero-order valence-corrected chi connectivity index (χ0v) is 9.27. The molecule has 1 aromatic rings. The molecule has 0 spiro atoms. The molecule has 0 aliphatic rings. The monoisotopic (exact) mass is 253 g/mol. The van der Waals surface area contributed by atoms with Gasteiger partial charge in [-0.05, 0) is 25.2 Å². The third kappa shape index (κ3) is 2.74. The van der Waals surface area contributed by atoms with E-state index in [2.05, 4.69) is 0 Å². The van der Waals surface area contributed by atoms with E-state index >= 15 is 0 Å². The normalized spacial score (nSPS) is 12.7. The van der Waals surface area contributed by atoms with Gasteiger partial charge in [-0.1, -0.05) is 6.07 Å². The van der Waals surface area contributed by atoms with Crippen LogP contribution in [0.2, 0.25) is 0 Å². The highest BCUT2D eigenvalue weighted by Crippen LogP contribution is 2.16. The number of rotatable bonds is 3. The van der Waals surface area contributed by atoms with Crippen molar-refractivity contribution in [1.29, 1.82) is 0 Å². The standard InChI is InChI=1S/C7H8FNO4S2/c1-9-15(12,13)7-4-2-3-6(5-7)14(8,10)11/h2-5,9H,1H3. The van der Waals surface area contributed by atoms with Crippen molar-refractivity contribution in [3.8, 4) is 0 Å². The minimum atomic E-state index is -4.89. The molecule has 8 heteroatoms. The van der Waals surface area contributed by atoms with E-state index in [9.17, 15) is 20.7 Å². The van der Waals surface area contributed by atoms with Gasteiger partial charge in [0.15, 0.2) is 0 Å². The van der Waals surface area contributed by atoms with Crippen molar-refractivity contribution < 1.29 is 20.7 Å². The molecule has 0 saturated heterocycles. The number of hydrogen-bond donors (Lipinski definition) is 1. The Kier molecular flexibility index (Phi) is 3.12. The van der Waals surface area contributed by atoms with Crippen LogP contribution in [0.3, 0.4) is 0 Å². The predicted octanol–water partition coefficient (Wildman–Crippen LogP) is 0.253. The molecule has 0 atom stereocenters. The van der Waals surface area contributed by atoms with Crippen molar-refractivity contribution in [3.05, 3.63) is 24.3 Å². The van der Waals surface area contributed by atoms with Gasteiger partial charge in [0, 0.05) is 0 Å². The maximum Gasteiger partial charge on any atom is 0.332 e. The Morgan fingerprint density at radius 2 is 1.67 bits per heavy atom. The number of nitrogens with one attached hydrogen (secondary N) is 1. The lowest BCUT2D eigenvalue weighted by Gasteiger charge is -2.02. The van der Waals surface area contributed by atoms with Crippen LogP contribution in [-0.2, 0) is 20.2 Å². The Balaban J connectivity index is 3.39. The fourth-order valence-corrected chi connectivity index (χ4v) is 2.27. The van der Waals surface area contributed by atoms with E-state index in [-0.39, 0.29) is 4.90 Å². The van der Waals surface area contributed by atoms with Crippen molar-refractivity contribution in [3.63, 3.8) is 0 Å². The first-order chi connectivity index (χ1) is 6.77. The molecule has 1 N–H and O–H groups in total. The summed E-state index contributed by atoms with van der Waals surface area (Å²) in [5.41, 5.74) is 0. The molecule has 0 heterocycles. The first kappa shape index (κ1) is 12.1. The fourth-order valence-electron chi connectivity index (χ4n) is 0.911. The molecule has 0 saturated carbocycles. The van der Waals surface area contributed by atoms with Crippen LogP contribution < -0.4 is 4.72 Å². The summed E-state index contributed by atoms with van der Waals surface area (Å²) in [4.78, 5) is -0.984. The van der Waals surface area contributed by atoms with E-state index in [1.807, 2.05) is 4.72 Å².